The molecular weight excluding hydrogens is 232 g/mol. The monoisotopic (exact) mass is 252 g/mol. The van der Waals surface area contributed by atoms with Gasteiger partial charge in [0.2, 0.25) is 0 Å². The predicted octanol–water partition coefficient (Wildman–Crippen LogP) is -0.0769. The Morgan fingerprint density at radius 2 is 2.12 bits per heavy atom. The molecule has 1 rings (SSSR count). The molecule has 0 aromatic carbocycles. The minimum absolute atomic E-state index is 0. The molecule has 96 valence electrons. The Morgan fingerprint density at radius 3 is 2.50 bits per heavy atom. The molecule has 0 aliphatic heterocycles. The quantitative estimate of drug-likeness (QED) is 0.665. The van der Waals surface area contributed by atoms with Gasteiger partial charge in [-0.3, -0.25) is 4.79 Å². The summed E-state index contributed by atoms with van der Waals surface area (Å²) in [4.78, 5) is 11.7. The lowest BCUT2D eigenvalue weighted by Crippen LogP contribution is -2.47. The van der Waals surface area contributed by atoms with Crippen molar-refractivity contribution in [3.05, 3.63) is 0 Å². The van der Waals surface area contributed by atoms with Crippen LogP contribution >= 0.6 is 12.4 Å². The van der Waals surface area contributed by atoms with E-state index in [0.29, 0.717) is 12.5 Å². The minimum atomic E-state index is -0.553. The third kappa shape index (κ3) is 4.65. The average molecular weight is 253 g/mol. The van der Waals surface area contributed by atoms with Crippen LogP contribution in [0.2, 0.25) is 0 Å². The number of hydrogen-bond acceptors (Lipinski definition) is 4. The van der Waals surface area contributed by atoms with Gasteiger partial charge in [-0.05, 0) is 18.8 Å². The summed E-state index contributed by atoms with van der Waals surface area (Å²) in [5, 5.41) is 2.91. The summed E-state index contributed by atoms with van der Waals surface area (Å²) in [5.74, 6) is 0.415. The Hall–Kier alpha value is -0.360. The van der Waals surface area contributed by atoms with Crippen molar-refractivity contribution in [1.82, 2.24) is 5.32 Å². The lowest BCUT2D eigenvalue weighted by Gasteiger charge is -2.20. The van der Waals surface area contributed by atoms with Crippen LogP contribution in [0.3, 0.4) is 0 Å². The first-order chi connectivity index (χ1) is 7.22. The van der Waals surface area contributed by atoms with Crippen molar-refractivity contribution in [3.8, 4) is 0 Å². The molecule has 0 heterocycles. The van der Waals surface area contributed by atoms with Crippen molar-refractivity contribution in [2.24, 2.45) is 11.7 Å². The van der Waals surface area contributed by atoms with E-state index < -0.39 is 6.10 Å². The summed E-state index contributed by atoms with van der Waals surface area (Å²) in [7, 11) is 3.12. The number of nitrogens with one attached hydrogen (secondary N) is 1. The first-order valence-corrected chi connectivity index (χ1v) is 5.25. The standard InChI is InChI=1S/C10H20N2O3.ClH/c1-14-6-8(7-3-4-7)12-10(13)9(5-11)15-2;/h7-9H,3-6,11H2,1-2H3,(H,12,13);1H. The number of methoxy groups -OCH3 is 2. The van der Waals surface area contributed by atoms with Crippen LogP contribution in [0.1, 0.15) is 12.8 Å². The molecule has 1 aliphatic rings. The van der Waals surface area contributed by atoms with Crippen LogP contribution < -0.4 is 11.1 Å². The Bertz CT molecular complexity index is 208. The zero-order valence-electron chi connectivity index (χ0n) is 9.77. The zero-order chi connectivity index (χ0) is 11.3. The Morgan fingerprint density at radius 1 is 1.50 bits per heavy atom. The first kappa shape index (κ1) is 15.6. The van der Waals surface area contributed by atoms with Gasteiger partial charge < -0.3 is 20.5 Å². The van der Waals surface area contributed by atoms with Crippen molar-refractivity contribution < 1.29 is 14.3 Å². The number of ether oxygens (including phenoxy) is 2. The molecule has 0 radical (unpaired) electrons. The molecule has 0 bridgehead atoms. The fraction of sp³-hybridized carbons (Fsp3) is 0.900. The zero-order valence-corrected chi connectivity index (χ0v) is 10.6. The van der Waals surface area contributed by atoms with E-state index in [1.54, 1.807) is 7.11 Å². The third-order valence-electron chi connectivity index (χ3n) is 2.66. The van der Waals surface area contributed by atoms with Crippen molar-refractivity contribution in [1.29, 1.82) is 0 Å². The maximum atomic E-state index is 11.7. The number of carbonyl (C=O) groups excluding carboxylic acids is 1. The SMILES string of the molecule is COCC(NC(=O)C(CN)OC)C1CC1.Cl. The van der Waals surface area contributed by atoms with E-state index in [1.807, 2.05) is 0 Å². The highest BCUT2D eigenvalue weighted by Gasteiger charge is 2.33. The number of rotatable bonds is 7. The van der Waals surface area contributed by atoms with E-state index in [0.717, 1.165) is 12.8 Å². The van der Waals surface area contributed by atoms with Gasteiger partial charge in [0.05, 0.1) is 12.6 Å². The number of carbonyl (C=O) groups is 1. The first-order valence-electron chi connectivity index (χ1n) is 5.25. The van der Waals surface area contributed by atoms with Crippen LogP contribution in [-0.2, 0) is 14.3 Å². The van der Waals surface area contributed by atoms with Gasteiger partial charge in [-0.15, -0.1) is 12.4 Å². The molecule has 6 heteroatoms. The number of hydrogen-bond donors (Lipinski definition) is 2. The predicted molar refractivity (Wildman–Crippen MR) is 63.6 cm³/mol. The molecule has 5 nitrogen and oxygen atoms in total. The fourth-order valence-corrected chi connectivity index (χ4v) is 1.56. The highest BCUT2D eigenvalue weighted by molar-refractivity contribution is 5.85. The molecule has 1 amide bonds. The largest absolute Gasteiger partial charge is 0.383 e. The number of amides is 1. The third-order valence-corrected chi connectivity index (χ3v) is 2.66. The topological polar surface area (TPSA) is 73.6 Å². The van der Waals surface area contributed by atoms with Crippen LogP contribution in [0.5, 0.6) is 0 Å². The van der Waals surface area contributed by atoms with Crippen molar-refractivity contribution in [2.75, 3.05) is 27.4 Å². The second-order valence-corrected chi connectivity index (χ2v) is 3.87. The molecule has 1 aliphatic carbocycles. The van der Waals surface area contributed by atoms with Crippen LogP contribution in [-0.4, -0.2) is 45.4 Å². The van der Waals surface area contributed by atoms with Gasteiger partial charge >= 0.3 is 0 Å². The number of halogens is 1. The second-order valence-electron chi connectivity index (χ2n) is 3.87. The van der Waals surface area contributed by atoms with Gasteiger partial charge in [-0.25, -0.2) is 0 Å². The Balaban J connectivity index is 0.00000225. The van der Waals surface area contributed by atoms with Gasteiger partial charge in [-0.2, -0.15) is 0 Å². The summed E-state index contributed by atoms with van der Waals surface area (Å²) in [6, 6.07) is 0.103. The van der Waals surface area contributed by atoms with Crippen LogP contribution in [0.25, 0.3) is 0 Å². The lowest BCUT2D eigenvalue weighted by atomic mass is 10.2. The summed E-state index contributed by atoms with van der Waals surface area (Å²) < 4.78 is 10.0. The lowest BCUT2D eigenvalue weighted by molar-refractivity contribution is -0.131. The molecule has 3 N–H and O–H groups in total. The summed E-state index contributed by atoms with van der Waals surface area (Å²) >= 11 is 0. The summed E-state index contributed by atoms with van der Waals surface area (Å²) in [5.41, 5.74) is 5.41. The molecule has 0 saturated heterocycles. The van der Waals surface area contributed by atoms with Gasteiger partial charge in [-0.1, -0.05) is 0 Å². The molecular formula is C10H21ClN2O3. The molecule has 0 aromatic heterocycles. The maximum absolute atomic E-state index is 11.7. The van der Waals surface area contributed by atoms with Crippen molar-refractivity contribution >= 4 is 18.3 Å². The summed E-state index contributed by atoms with van der Waals surface area (Å²) in [6.07, 6.45) is 1.77. The van der Waals surface area contributed by atoms with Crippen LogP contribution in [0.4, 0.5) is 0 Å². The van der Waals surface area contributed by atoms with Crippen molar-refractivity contribution in [3.63, 3.8) is 0 Å². The van der Waals surface area contributed by atoms with Gasteiger partial charge in [0.1, 0.15) is 6.10 Å². The molecule has 0 aromatic rings. The van der Waals surface area contributed by atoms with Crippen LogP contribution in [0, 0.1) is 5.92 Å². The smallest absolute Gasteiger partial charge is 0.250 e. The number of nitrogens with two attached hydrogens (primary N) is 1. The highest BCUT2D eigenvalue weighted by Crippen LogP contribution is 2.32. The molecule has 2 atom stereocenters. The Labute approximate surface area is 102 Å². The van der Waals surface area contributed by atoms with Gasteiger partial charge in [0.15, 0.2) is 0 Å². The van der Waals surface area contributed by atoms with E-state index in [2.05, 4.69) is 5.32 Å². The average Bonchev–Trinajstić information content (AvgIpc) is 3.02. The van der Waals surface area contributed by atoms with Gasteiger partial charge in [0.25, 0.3) is 5.91 Å². The fourth-order valence-electron chi connectivity index (χ4n) is 1.56. The normalized spacial score (nSPS) is 18.4. The van der Waals surface area contributed by atoms with Gasteiger partial charge in [0, 0.05) is 20.8 Å². The molecule has 16 heavy (non-hydrogen) atoms. The molecule has 0 spiro atoms. The maximum Gasteiger partial charge on any atom is 0.250 e. The molecule has 1 saturated carbocycles. The molecule has 1 fully saturated rings. The van der Waals surface area contributed by atoms with Crippen molar-refractivity contribution in [2.45, 2.75) is 25.0 Å². The van der Waals surface area contributed by atoms with E-state index >= 15 is 0 Å². The highest BCUT2D eigenvalue weighted by atomic mass is 35.5. The van der Waals surface area contributed by atoms with Crippen LogP contribution in [0.15, 0.2) is 0 Å². The van der Waals surface area contributed by atoms with E-state index in [1.165, 1.54) is 7.11 Å². The summed E-state index contributed by atoms with van der Waals surface area (Å²) in [6.45, 7) is 0.754. The van der Waals surface area contributed by atoms with E-state index in [9.17, 15) is 4.79 Å². The molecule has 2 unspecified atom stereocenters. The minimum Gasteiger partial charge on any atom is -0.383 e. The van der Waals surface area contributed by atoms with E-state index in [-0.39, 0.29) is 30.9 Å². The Kier molecular flexibility index (Phi) is 7.66. The second kappa shape index (κ2) is 7.84. The van der Waals surface area contributed by atoms with E-state index in [4.69, 9.17) is 15.2 Å².